The summed E-state index contributed by atoms with van der Waals surface area (Å²) in [6.45, 7) is 0.137. The molecule has 2 aromatic rings. The molecule has 3 rings (SSSR count). The molecule has 25 heavy (non-hydrogen) atoms. The average molecular weight is 337 g/mol. The van der Waals surface area contributed by atoms with Gasteiger partial charge in [0, 0.05) is 30.0 Å². The molecule has 3 unspecified atom stereocenters. The summed E-state index contributed by atoms with van der Waals surface area (Å²) in [6, 6.07) is 20.3. The van der Waals surface area contributed by atoms with Crippen molar-refractivity contribution in [1.29, 1.82) is 0 Å². The summed E-state index contributed by atoms with van der Waals surface area (Å²) >= 11 is 0. The Bertz CT molecular complexity index is 671. The minimum Gasteiger partial charge on any atom is -0.396 e. The number of nitrogens with zero attached hydrogens (tertiary/aromatic N) is 1. The third-order valence-corrected chi connectivity index (χ3v) is 5.54. The third-order valence-electron chi connectivity index (χ3n) is 5.54. The van der Waals surface area contributed by atoms with E-state index in [2.05, 4.69) is 24.1 Å². The van der Waals surface area contributed by atoms with E-state index in [1.807, 2.05) is 48.5 Å². The van der Waals surface area contributed by atoms with Crippen molar-refractivity contribution in [2.24, 2.45) is 0 Å². The van der Waals surface area contributed by atoms with Crippen LogP contribution in [0.1, 0.15) is 47.5 Å². The molecule has 0 amide bonds. The number of Topliss-reactive ketones (excluding diaryl/α,β-unsaturated/α-hetero) is 1. The van der Waals surface area contributed by atoms with Gasteiger partial charge in [-0.25, -0.2) is 0 Å². The van der Waals surface area contributed by atoms with Gasteiger partial charge >= 0.3 is 0 Å². The number of aliphatic hydroxyl groups is 1. The van der Waals surface area contributed by atoms with Crippen molar-refractivity contribution in [2.45, 2.75) is 43.7 Å². The first-order chi connectivity index (χ1) is 12.2. The molecule has 1 aliphatic heterocycles. The lowest BCUT2D eigenvalue weighted by molar-refractivity contribution is 0.0636. The van der Waals surface area contributed by atoms with E-state index >= 15 is 0 Å². The van der Waals surface area contributed by atoms with Crippen molar-refractivity contribution in [1.82, 2.24) is 4.90 Å². The van der Waals surface area contributed by atoms with Gasteiger partial charge in [-0.15, -0.1) is 0 Å². The fourth-order valence-corrected chi connectivity index (χ4v) is 4.08. The molecule has 132 valence electrons. The van der Waals surface area contributed by atoms with Crippen molar-refractivity contribution < 1.29 is 9.90 Å². The Morgan fingerprint density at radius 1 is 1.08 bits per heavy atom. The molecule has 2 aromatic carbocycles. The molecule has 1 N–H and O–H groups in total. The molecule has 0 radical (unpaired) electrons. The molecule has 1 fully saturated rings. The monoisotopic (exact) mass is 337 g/mol. The fraction of sp³-hybridized carbons (Fsp3) is 0.409. The van der Waals surface area contributed by atoms with Crippen LogP contribution in [0.2, 0.25) is 0 Å². The SMILES string of the molecule is CN1C(CC(=O)c2ccccc2)CCCC1C(CO)c1ccccc1. The third kappa shape index (κ3) is 4.17. The zero-order chi connectivity index (χ0) is 17.6. The lowest BCUT2D eigenvalue weighted by atomic mass is 9.82. The predicted molar refractivity (Wildman–Crippen MR) is 101 cm³/mol. The molecule has 0 spiro atoms. The molecular formula is C22H27NO2. The lowest BCUT2D eigenvalue weighted by Crippen LogP contribution is -2.48. The van der Waals surface area contributed by atoms with Crippen LogP contribution >= 0.6 is 0 Å². The summed E-state index contributed by atoms with van der Waals surface area (Å²) in [6.07, 6.45) is 3.75. The van der Waals surface area contributed by atoms with Crippen LogP contribution in [0.5, 0.6) is 0 Å². The molecular weight excluding hydrogens is 310 g/mol. The molecule has 0 aromatic heterocycles. The standard InChI is InChI=1S/C22H27NO2/c1-23-19(15-22(25)18-11-6-3-7-12-18)13-8-14-21(23)20(16-24)17-9-4-2-5-10-17/h2-7,9-12,19-21,24H,8,13-16H2,1H3. The first-order valence-electron chi connectivity index (χ1n) is 9.16. The number of piperidine rings is 1. The van der Waals surface area contributed by atoms with Crippen molar-refractivity contribution >= 4 is 5.78 Å². The molecule has 0 saturated carbocycles. The van der Waals surface area contributed by atoms with Crippen molar-refractivity contribution in [2.75, 3.05) is 13.7 Å². The molecule has 1 saturated heterocycles. The fourth-order valence-electron chi connectivity index (χ4n) is 4.08. The van der Waals surface area contributed by atoms with Crippen LogP contribution in [0, 0.1) is 0 Å². The molecule has 3 heteroatoms. The number of hydrogen-bond acceptors (Lipinski definition) is 3. The van der Waals surface area contributed by atoms with E-state index in [1.165, 1.54) is 5.56 Å². The van der Waals surface area contributed by atoms with E-state index in [1.54, 1.807) is 0 Å². The molecule has 1 heterocycles. The summed E-state index contributed by atoms with van der Waals surface area (Å²) in [4.78, 5) is 14.9. The van der Waals surface area contributed by atoms with E-state index < -0.39 is 0 Å². The molecule has 3 atom stereocenters. The molecule has 1 aliphatic rings. The summed E-state index contributed by atoms with van der Waals surface area (Å²) in [5, 5.41) is 10.0. The highest BCUT2D eigenvalue weighted by molar-refractivity contribution is 5.96. The van der Waals surface area contributed by atoms with E-state index in [0.717, 1.165) is 24.8 Å². The molecule has 3 nitrogen and oxygen atoms in total. The number of carbonyl (C=O) groups excluding carboxylic acids is 1. The predicted octanol–water partition coefficient (Wildman–Crippen LogP) is 3.89. The second-order valence-electron chi connectivity index (χ2n) is 7.01. The summed E-state index contributed by atoms with van der Waals surface area (Å²) in [7, 11) is 2.11. The van der Waals surface area contributed by atoms with Gasteiger partial charge in [0.1, 0.15) is 0 Å². The van der Waals surface area contributed by atoms with Crippen molar-refractivity contribution in [3.05, 3.63) is 71.8 Å². The van der Waals surface area contributed by atoms with Gasteiger partial charge in [-0.2, -0.15) is 0 Å². The number of ketones is 1. The highest BCUT2D eigenvalue weighted by Gasteiger charge is 2.34. The highest BCUT2D eigenvalue weighted by atomic mass is 16.3. The Morgan fingerprint density at radius 3 is 2.36 bits per heavy atom. The Morgan fingerprint density at radius 2 is 1.72 bits per heavy atom. The van der Waals surface area contributed by atoms with E-state index in [0.29, 0.717) is 6.42 Å². The number of aliphatic hydroxyl groups excluding tert-OH is 1. The van der Waals surface area contributed by atoms with E-state index in [-0.39, 0.29) is 30.4 Å². The zero-order valence-corrected chi connectivity index (χ0v) is 14.8. The normalized spacial score (nSPS) is 22.5. The lowest BCUT2D eigenvalue weighted by Gasteiger charge is -2.43. The number of rotatable bonds is 6. The Kier molecular flexibility index (Phi) is 6.00. The van der Waals surface area contributed by atoms with Gasteiger partial charge in [0.2, 0.25) is 0 Å². The van der Waals surface area contributed by atoms with Crippen LogP contribution < -0.4 is 0 Å². The van der Waals surface area contributed by atoms with Gasteiger partial charge in [0.05, 0.1) is 6.61 Å². The van der Waals surface area contributed by atoms with Crippen LogP contribution in [-0.4, -0.2) is 41.5 Å². The quantitative estimate of drug-likeness (QED) is 0.813. The highest BCUT2D eigenvalue weighted by Crippen LogP contribution is 2.33. The number of carbonyl (C=O) groups is 1. The topological polar surface area (TPSA) is 40.5 Å². The minimum atomic E-state index is 0.0980. The van der Waals surface area contributed by atoms with Crippen LogP contribution in [0.25, 0.3) is 0 Å². The maximum atomic E-state index is 12.6. The van der Waals surface area contributed by atoms with Gasteiger partial charge in [0.25, 0.3) is 0 Å². The number of likely N-dealkylation sites (tertiary alicyclic amines) is 1. The van der Waals surface area contributed by atoms with Crippen LogP contribution in [0.3, 0.4) is 0 Å². The smallest absolute Gasteiger partial charge is 0.164 e. The first-order valence-corrected chi connectivity index (χ1v) is 9.16. The second-order valence-corrected chi connectivity index (χ2v) is 7.01. The van der Waals surface area contributed by atoms with Crippen LogP contribution in [0.4, 0.5) is 0 Å². The number of benzene rings is 2. The van der Waals surface area contributed by atoms with E-state index in [4.69, 9.17) is 0 Å². The van der Waals surface area contributed by atoms with Crippen LogP contribution in [0.15, 0.2) is 60.7 Å². The Balaban J connectivity index is 1.72. The average Bonchev–Trinajstić information content (AvgIpc) is 2.67. The number of likely N-dealkylation sites (N-methyl/N-ethyl adjacent to an activating group) is 1. The van der Waals surface area contributed by atoms with Gasteiger partial charge < -0.3 is 5.11 Å². The second kappa shape index (κ2) is 8.41. The zero-order valence-electron chi connectivity index (χ0n) is 14.8. The van der Waals surface area contributed by atoms with E-state index in [9.17, 15) is 9.90 Å². The molecule has 0 aliphatic carbocycles. The first kappa shape index (κ1) is 17.8. The largest absolute Gasteiger partial charge is 0.396 e. The number of hydrogen-bond donors (Lipinski definition) is 1. The van der Waals surface area contributed by atoms with Crippen LogP contribution in [-0.2, 0) is 0 Å². The summed E-state index contributed by atoms with van der Waals surface area (Å²) < 4.78 is 0. The van der Waals surface area contributed by atoms with Gasteiger partial charge in [-0.3, -0.25) is 9.69 Å². The van der Waals surface area contributed by atoms with Crippen molar-refractivity contribution in [3.63, 3.8) is 0 Å². The maximum absolute atomic E-state index is 12.6. The summed E-state index contributed by atoms with van der Waals surface area (Å²) in [5.41, 5.74) is 1.97. The summed E-state index contributed by atoms with van der Waals surface area (Å²) in [5.74, 6) is 0.305. The Hall–Kier alpha value is -1.97. The Labute approximate surface area is 150 Å². The van der Waals surface area contributed by atoms with Gasteiger partial charge in [-0.1, -0.05) is 67.1 Å². The van der Waals surface area contributed by atoms with Gasteiger partial charge in [0.15, 0.2) is 5.78 Å². The minimum absolute atomic E-state index is 0.0980. The maximum Gasteiger partial charge on any atom is 0.164 e. The van der Waals surface area contributed by atoms with Crippen molar-refractivity contribution in [3.8, 4) is 0 Å². The molecule has 0 bridgehead atoms. The van der Waals surface area contributed by atoms with Gasteiger partial charge in [-0.05, 0) is 25.5 Å².